The number of aliphatic imine (C=N–C) groups is 1. The van der Waals surface area contributed by atoms with E-state index in [4.69, 9.17) is 14.5 Å². The second-order valence-electron chi connectivity index (χ2n) is 12.8. The summed E-state index contributed by atoms with van der Waals surface area (Å²) in [5, 5.41) is 0.565. The van der Waals surface area contributed by atoms with Gasteiger partial charge in [-0.3, -0.25) is 9.69 Å². The van der Waals surface area contributed by atoms with E-state index in [1.165, 1.54) is 17.3 Å². The van der Waals surface area contributed by atoms with Gasteiger partial charge in [0.15, 0.2) is 11.8 Å². The molecule has 1 amide bonds. The third-order valence-corrected chi connectivity index (χ3v) is 9.76. The number of amidine groups is 1. The Kier molecular flexibility index (Phi) is 10.4. The number of amides is 1. The molecule has 0 saturated carbocycles. The van der Waals surface area contributed by atoms with Crippen molar-refractivity contribution in [1.29, 1.82) is 0 Å². The van der Waals surface area contributed by atoms with E-state index in [1.807, 2.05) is 72.8 Å². The Hall–Kier alpha value is -4.62. The van der Waals surface area contributed by atoms with Gasteiger partial charge in [0.25, 0.3) is 5.91 Å². The van der Waals surface area contributed by atoms with Crippen LogP contribution < -0.4 is 14.4 Å². The van der Waals surface area contributed by atoms with Gasteiger partial charge in [-0.05, 0) is 95.1 Å². The highest BCUT2D eigenvalue weighted by Gasteiger charge is 2.35. The van der Waals surface area contributed by atoms with Gasteiger partial charge in [-0.15, -0.1) is 0 Å². The first-order chi connectivity index (χ1) is 22.5. The molecule has 0 aromatic heterocycles. The van der Waals surface area contributed by atoms with E-state index in [2.05, 4.69) is 53.7 Å². The molecular formula is C40H42N2O4S. The van der Waals surface area contributed by atoms with Gasteiger partial charge in [0.05, 0.1) is 16.3 Å². The molecule has 0 N–H and O–H groups in total. The smallest absolute Gasteiger partial charge is 0.349 e. The van der Waals surface area contributed by atoms with Crippen molar-refractivity contribution in [3.8, 4) is 11.5 Å². The van der Waals surface area contributed by atoms with E-state index >= 15 is 0 Å². The lowest BCUT2D eigenvalue weighted by Crippen LogP contribution is -2.28. The first kappa shape index (κ1) is 33.7. The Bertz CT molecular complexity index is 1800. The van der Waals surface area contributed by atoms with Crippen LogP contribution in [0.3, 0.4) is 0 Å². The molecule has 1 fully saturated rings. The molecule has 0 unspecified atom stereocenters. The van der Waals surface area contributed by atoms with Crippen molar-refractivity contribution < 1.29 is 19.1 Å². The monoisotopic (exact) mass is 646 g/mol. The molecule has 0 bridgehead atoms. The maximum Gasteiger partial charge on any atom is 0.349 e. The number of hydrogen-bond acceptors (Lipinski definition) is 6. The number of esters is 1. The number of carbonyl (C=O) groups excluding carboxylic acids is 2. The highest BCUT2D eigenvalue weighted by atomic mass is 32.2. The van der Waals surface area contributed by atoms with Crippen molar-refractivity contribution in [1.82, 2.24) is 0 Å². The summed E-state index contributed by atoms with van der Waals surface area (Å²) in [6.45, 7) is 13.0. The Morgan fingerprint density at radius 3 is 2.19 bits per heavy atom. The van der Waals surface area contributed by atoms with Crippen LogP contribution in [0, 0.1) is 0 Å². The molecule has 242 valence electrons. The summed E-state index contributed by atoms with van der Waals surface area (Å²) in [7, 11) is 0. The third kappa shape index (κ3) is 8.03. The number of thioether (sulfide) groups is 1. The minimum Gasteiger partial charge on any atom is -0.482 e. The maximum absolute atomic E-state index is 13.7. The summed E-state index contributed by atoms with van der Waals surface area (Å²) in [4.78, 5) is 33.5. The molecule has 1 heterocycles. The molecule has 6 nitrogen and oxygen atoms in total. The summed E-state index contributed by atoms with van der Waals surface area (Å²) in [5.74, 6) is 0.379. The average Bonchev–Trinajstić information content (AvgIpc) is 3.37. The third-order valence-electron chi connectivity index (χ3n) is 8.79. The van der Waals surface area contributed by atoms with Crippen LogP contribution >= 0.6 is 11.8 Å². The number of ether oxygens (including phenoxy) is 2. The van der Waals surface area contributed by atoms with Crippen molar-refractivity contribution in [2.45, 2.75) is 65.2 Å². The van der Waals surface area contributed by atoms with Gasteiger partial charge in [-0.2, -0.15) is 0 Å². The van der Waals surface area contributed by atoms with Crippen LogP contribution in [0.25, 0.3) is 6.08 Å². The molecule has 5 rings (SSSR count). The fourth-order valence-corrected chi connectivity index (χ4v) is 6.08. The standard InChI is InChI=1S/C40H42N2O4S/c1-7-39(3,4)29-22-23-34(33(26-29)40(5,6)8-2)45-27-36(43)46-32-21-15-16-28(24-32)25-35-37(44)42(31-19-13-10-14-20-31)38(47-35)41-30-17-11-9-12-18-30/h9-26H,7-8,27H2,1-6H3. The highest BCUT2D eigenvalue weighted by molar-refractivity contribution is 8.19. The van der Waals surface area contributed by atoms with Gasteiger partial charge in [0.2, 0.25) is 0 Å². The average molecular weight is 647 g/mol. The fraction of sp³-hybridized carbons (Fsp3) is 0.275. The van der Waals surface area contributed by atoms with Crippen LogP contribution in [0.2, 0.25) is 0 Å². The molecule has 7 heteroatoms. The summed E-state index contributed by atoms with van der Waals surface area (Å²) < 4.78 is 11.8. The van der Waals surface area contributed by atoms with E-state index in [9.17, 15) is 9.59 Å². The van der Waals surface area contributed by atoms with Crippen LogP contribution in [0.1, 0.15) is 71.1 Å². The highest BCUT2D eigenvalue weighted by Crippen LogP contribution is 2.39. The van der Waals surface area contributed by atoms with Gasteiger partial charge < -0.3 is 9.47 Å². The van der Waals surface area contributed by atoms with Crippen molar-refractivity contribution >= 4 is 46.3 Å². The number of para-hydroxylation sites is 2. The summed E-state index contributed by atoms with van der Waals surface area (Å²) >= 11 is 1.31. The zero-order valence-electron chi connectivity index (χ0n) is 27.9. The Morgan fingerprint density at radius 2 is 1.51 bits per heavy atom. The minimum absolute atomic E-state index is 0.0358. The van der Waals surface area contributed by atoms with Crippen LogP contribution in [-0.4, -0.2) is 23.7 Å². The molecule has 0 radical (unpaired) electrons. The largest absolute Gasteiger partial charge is 0.482 e. The second kappa shape index (κ2) is 14.4. The summed E-state index contributed by atoms with van der Waals surface area (Å²) in [6.07, 6.45) is 3.74. The molecular weight excluding hydrogens is 605 g/mol. The van der Waals surface area contributed by atoms with E-state index in [1.54, 1.807) is 29.2 Å². The molecule has 1 aliphatic heterocycles. The number of rotatable bonds is 11. The van der Waals surface area contributed by atoms with Crippen LogP contribution in [0.4, 0.5) is 11.4 Å². The van der Waals surface area contributed by atoms with Crippen molar-refractivity contribution in [3.05, 3.63) is 125 Å². The summed E-state index contributed by atoms with van der Waals surface area (Å²) in [5.41, 5.74) is 4.46. The van der Waals surface area contributed by atoms with Crippen molar-refractivity contribution in [3.63, 3.8) is 0 Å². The van der Waals surface area contributed by atoms with E-state index in [0.717, 1.165) is 35.3 Å². The van der Waals surface area contributed by atoms with Crippen LogP contribution in [-0.2, 0) is 20.4 Å². The fourth-order valence-electron chi connectivity index (χ4n) is 5.08. The summed E-state index contributed by atoms with van der Waals surface area (Å²) in [6, 6.07) is 32.4. The SMILES string of the molecule is CCC(C)(C)c1ccc(OCC(=O)Oc2cccc(C=C3SC(=Nc4ccccc4)N(c4ccccc4)C3=O)c2)c(C(C)(C)CC)c1. The van der Waals surface area contributed by atoms with E-state index < -0.39 is 5.97 Å². The van der Waals surface area contributed by atoms with Crippen LogP contribution in [0.5, 0.6) is 11.5 Å². The zero-order valence-corrected chi connectivity index (χ0v) is 28.8. The molecule has 0 spiro atoms. The van der Waals surface area contributed by atoms with Gasteiger partial charge in [0, 0.05) is 5.56 Å². The van der Waals surface area contributed by atoms with E-state index in [0.29, 0.717) is 21.6 Å². The quantitative estimate of drug-likeness (QED) is 0.0922. The minimum atomic E-state index is -0.508. The Labute approximate surface area is 282 Å². The molecule has 0 aliphatic carbocycles. The molecule has 0 atom stereocenters. The number of nitrogens with zero attached hydrogens (tertiary/aromatic N) is 2. The van der Waals surface area contributed by atoms with E-state index in [-0.39, 0.29) is 23.3 Å². The molecule has 47 heavy (non-hydrogen) atoms. The normalized spacial score (nSPS) is 15.4. The lowest BCUT2D eigenvalue weighted by Gasteiger charge is -2.30. The molecule has 1 saturated heterocycles. The predicted molar refractivity (Wildman–Crippen MR) is 194 cm³/mol. The van der Waals surface area contributed by atoms with Gasteiger partial charge in [-0.25, -0.2) is 9.79 Å². The van der Waals surface area contributed by atoms with Crippen molar-refractivity contribution in [2.24, 2.45) is 4.99 Å². The first-order valence-electron chi connectivity index (χ1n) is 16.0. The Morgan fingerprint density at radius 1 is 0.830 bits per heavy atom. The van der Waals surface area contributed by atoms with Crippen molar-refractivity contribution in [2.75, 3.05) is 11.5 Å². The zero-order chi connectivity index (χ0) is 33.6. The number of benzene rings is 4. The topological polar surface area (TPSA) is 68.2 Å². The van der Waals surface area contributed by atoms with Gasteiger partial charge in [-0.1, -0.05) is 102 Å². The van der Waals surface area contributed by atoms with Gasteiger partial charge >= 0.3 is 5.97 Å². The van der Waals surface area contributed by atoms with Gasteiger partial charge in [0.1, 0.15) is 11.5 Å². The number of hydrogen-bond donors (Lipinski definition) is 0. The Balaban J connectivity index is 1.32. The lowest BCUT2D eigenvalue weighted by atomic mass is 9.76. The predicted octanol–water partition coefficient (Wildman–Crippen LogP) is 9.85. The second-order valence-corrected chi connectivity index (χ2v) is 13.8. The first-order valence-corrected chi connectivity index (χ1v) is 16.8. The molecule has 4 aromatic rings. The molecule has 4 aromatic carbocycles. The lowest BCUT2D eigenvalue weighted by molar-refractivity contribution is -0.136. The molecule has 1 aliphatic rings. The number of anilines is 1. The maximum atomic E-state index is 13.7. The van der Waals surface area contributed by atoms with Crippen LogP contribution in [0.15, 0.2) is 113 Å². The number of carbonyl (C=O) groups is 2.